The van der Waals surface area contributed by atoms with Crippen LogP contribution >= 0.6 is 11.6 Å². The van der Waals surface area contributed by atoms with Gasteiger partial charge < -0.3 is 10.1 Å². The van der Waals surface area contributed by atoms with Crippen LogP contribution in [-0.4, -0.2) is 42.0 Å². The van der Waals surface area contributed by atoms with Gasteiger partial charge in [0.2, 0.25) is 0 Å². The van der Waals surface area contributed by atoms with Gasteiger partial charge in [0.05, 0.1) is 23.0 Å². The second-order valence-electron chi connectivity index (χ2n) is 7.71. The quantitative estimate of drug-likeness (QED) is 0.395. The molecule has 5 rings (SSSR count). The van der Waals surface area contributed by atoms with Crippen LogP contribution < -0.4 is 10.1 Å². The van der Waals surface area contributed by atoms with Crippen LogP contribution in [0.3, 0.4) is 0 Å². The summed E-state index contributed by atoms with van der Waals surface area (Å²) in [4.78, 5) is 21.4. The molecule has 0 bridgehead atoms. The van der Waals surface area contributed by atoms with Crippen LogP contribution in [0.15, 0.2) is 67.1 Å². The number of benzene rings is 2. The van der Waals surface area contributed by atoms with Crippen molar-refractivity contribution in [3.05, 3.63) is 83.4 Å². The van der Waals surface area contributed by atoms with E-state index in [0.717, 1.165) is 11.3 Å². The Balaban J connectivity index is 1.44. The first-order chi connectivity index (χ1) is 16.5. The normalized spacial score (nSPS) is 11.0. The number of carbonyl (C=O) groups excluding carboxylic acids is 1. The smallest absolute Gasteiger partial charge is 0.263 e. The fourth-order valence-corrected chi connectivity index (χ4v) is 3.76. The van der Waals surface area contributed by atoms with Crippen molar-refractivity contribution in [1.82, 2.24) is 29.5 Å². The summed E-state index contributed by atoms with van der Waals surface area (Å²) in [6.07, 6.45) is 3.10. The minimum atomic E-state index is -0.317. The van der Waals surface area contributed by atoms with E-state index < -0.39 is 0 Å². The molecule has 0 fully saturated rings. The fraction of sp³-hybridized carbons (Fsp3) is 0.125. The average molecular weight is 474 g/mol. The summed E-state index contributed by atoms with van der Waals surface area (Å²) in [7, 11) is 0. The molecule has 9 nitrogen and oxygen atoms in total. The molecule has 3 heterocycles. The Morgan fingerprint density at radius 1 is 1.06 bits per heavy atom. The van der Waals surface area contributed by atoms with Crippen LogP contribution in [0.1, 0.15) is 11.3 Å². The van der Waals surface area contributed by atoms with Gasteiger partial charge in [0.25, 0.3) is 5.91 Å². The molecular formula is C24H20ClN7O2. The molecule has 2 aromatic carbocycles. The first-order valence-corrected chi connectivity index (χ1v) is 10.9. The van der Waals surface area contributed by atoms with Crippen molar-refractivity contribution in [3.63, 3.8) is 0 Å². The number of fused-ring (bicyclic) bond motifs is 1. The molecule has 0 saturated carbocycles. The number of nitrogens with one attached hydrogen (secondary N) is 1. The highest BCUT2D eigenvalue weighted by atomic mass is 35.5. The molecular weight excluding hydrogens is 454 g/mol. The summed E-state index contributed by atoms with van der Waals surface area (Å²) in [6.45, 7) is 3.66. The largest absolute Gasteiger partial charge is 0.484 e. The Labute approximate surface area is 200 Å². The van der Waals surface area contributed by atoms with E-state index in [9.17, 15) is 4.79 Å². The summed E-state index contributed by atoms with van der Waals surface area (Å²) in [5.74, 6) is 1.26. The number of hydrogen-bond donors (Lipinski definition) is 1. The van der Waals surface area contributed by atoms with Crippen molar-refractivity contribution in [2.24, 2.45) is 0 Å². The first kappa shape index (κ1) is 21.6. The second-order valence-corrected chi connectivity index (χ2v) is 8.14. The predicted molar refractivity (Wildman–Crippen MR) is 129 cm³/mol. The van der Waals surface area contributed by atoms with Gasteiger partial charge in [-0.1, -0.05) is 29.8 Å². The maximum atomic E-state index is 12.6. The number of nitrogens with zero attached hydrogens (tertiary/aromatic N) is 6. The molecule has 0 unspecified atom stereocenters. The highest BCUT2D eigenvalue weighted by Crippen LogP contribution is 2.25. The van der Waals surface area contributed by atoms with E-state index in [-0.39, 0.29) is 12.5 Å². The number of amides is 1. The van der Waals surface area contributed by atoms with Crippen LogP contribution in [0.2, 0.25) is 5.02 Å². The van der Waals surface area contributed by atoms with Crippen molar-refractivity contribution < 1.29 is 9.53 Å². The maximum Gasteiger partial charge on any atom is 0.263 e. The van der Waals surface area contributed by atoms with Gasteiger partial charge in [0.1, 0.15) is 17.9 Å². The van der Waals surface area contributed by atoms with E-state index >= 15 is 0 Å². The molecule has 10 heteroatoms. The molecule has 5 aromatic rings. The van der Waals surface area contributed by atoms with Gasteiger partial charge in [0, 0.05) is 11.1 Å². The Kier molecular flexibility index (Phi) is 5.69. The van der Waals surface area contributed by atoms with E-state index in [2.05, 4.69) is 25.5 Å². The molecule has 34 heavy (non-hydrogen) atoms. The van der Waals surface area contributed by atoms with Crippen molar-refractivity contribution in [2.75, 3.05) is 11.9 Å². The lowest BCUT2D eigenvalue weighted by Crippen LogP contribution is -2.22. The molecule has 0 aliphatic carbocycles. The van der Waals surface area contributed by atoms with Gasteiger partial charge in [-0.2, -0.15) is 14.9 Å². The van der Waals surface area contributed by atoms with Gasteiger partial charge in [0.15, 0.2) is 18.1 Å². The number of carbonyl (C=O) groups is 1. The zero-order valence-electron chi connectivity index (χ0n) is 18.4. The topological polar surface area (TPSA) is 99.8 Å². The maximum absolute atomic E-state index is 12.6. The summed E-state index contributed by atoms with van der Waals surface area (Å²) in [5, 5.41) is 13.1. The van der Waals surface area contributed by atoms with Crippen molar-refractivity contribution in [2.45, 2.75) is 13.8 Å². The summed E-state index contributed by atoms with van der Waals surface area (Å²) in [6, 6.07) is 16.6. The fourth-order valence-electron chi connectivity index (χ4n) is 3.58. The number of hydrogen-bond acceptors (Lipinski definition) is 6. The van der Waals surface area contributed by atoms with Crippen LogP contribution in [0.5, 0.6) is 5.75 Å². The zero-order chi connectivity index (χ0) is 23.7. The van der Waals surface area contributed by atoms with Crippen LogP contribution in [0.4, 0.5) is 5.82 Å². The Morgan fingerprint density at radius 3 is 2.74 bits per heavy atom. The van der Waals surface area contributed by atoms with Gasteiger partial charge in [-0.3, -0.25) is 4.79 Å². The number of aryl methyl sites for hydroxylation is 2. The van der Waals surface area contributed by atoms with Gasteiger partial charge in [-0.25, -0.2) is 14.6 Å². The summed E-state index contributed by atoms with van der Waals surface area (Å²) >= 11 is 6.15. The minimum absolute atomic E-state index is 0.139. The van der Waals surface area contributed by atoms with Crippen molar-refractivity contribution in [1.29, 1.82) is 0 Å². The van der Waals surface area contributed by atoms with Gasteiger partial charge in [-0.05, 0) is 49.7 Å². The molecule has 1 N–H and O–H groups in total. The third-order valence-electron chi connectivity index (χ3n) is 5.06. The number of ether oxygens (including phenoxy) is 1. The SMILES string of the molecule is Cc1cccc(OCC(=O)Nc2cc(C)nn2-c2ncnc3c2cnn3-c2cccc(Cl)c2)c1. The van der Waals surface area contributed by atoms with E-state index in [0.29, 0.717) is 39.1 Å². The van der Waals surface area contributed by atoms with E-state index in [1.54, 1.807) is 33.8 Å². The molecule has 1 amide bonds. The average Bonchev–Trinajstić information content (AvgIpc) is 3.41. The summed E-state index contributed by atoms with van der Waals surface area (Å²) in [5.41, 5.74) is 3.12. The molecule has 0 spiro atoms. The monoisotopic (exact) mass is 473 g/mol. The lowest BCUT2D eigenvalue weighted by molar-refractivity contribution is -0.118. The lowest BCUT2D eigenvalue weighted by atomic mass is 10.2. The molecule has 0 aliphatic rings. The molecule has 0 saturated heterocycles. The Bertz CT molecular complexity index is 1510. The number of rotatable bonds is 6. The standard InChI is InChI=1S/C24H20ClN7O2/c1-15-5-3-8-19(9-15)34-13-22(33)29-21-10-16(2)30-32(21)24-20-12-28-31(23(20)26-14-27-24)18-7-4-6-17(25)11-18/h3-12,14H,13H2,1-2H3,(H,29,33). The second kappa shape index (κ2) is 8.95. The number of anilines is 1. The molecule has 0 radical (unpaired) electrons. The molecule has 170 valence electrons. The van der Waals surface area contributed by atoms with Crippen molar-refractivity contribution in [3.8, 4) is 17.3 Å². The molecule has 0 aliphatic heterocycles. The number of halogens is 1. The highest BCUT2D eigenvalue weighted by molar-refractivity contribution is 6.30. The first-order valence-electron chi connectivity index (χ1n) is 10.5. The summed E-state index contributed by atoms with van der Waals surface area (Å²) < 4.78 is 8.85. The van der Waals surface area contributed by atoms with Crippen LogP contribution in [0, 0.1) is 13.8 Å². The predicted octanol–water partition coefficient (Wildman–Crippen LogP) is 4.29. The van der Waals surface area contributed by atoms with Crippen LogP contribution in [-0.2, 0) is 4.79 Å². The lowest BCUT2D eigenvalue weighted by Gasteiger charge is -2.10. The third-order valence-corrected chi connectivity index (χ3v) is 5.29. The molecule has 0 atom stereocenters. The van der Waals surface area contributed by atoms with E-state index in [1.807, 2.05) is 50.2 Å². The van der Waals surface area contributed by atoms with Gasteiger partial charge >= 0.3 is 0 Å². The highest BCUT2D eigenvalue weighted by Gasteiger charge is 2.18. The Hall–Kier alpha value is -4.24. The van der Waals surface area contributed by atoms with E-state index in [4.69, 9.17) is 16.3 Å². The minimum Gasteiger partial charge on any atom is -0.484 e. The Morgan fingerprint density at radius 2 is 1.91 bits per heavy atom. The third kappa shape index (κ3) is 4.33. The number of aromatic nitrogens is 6. The molecule has 3 aromatic heterocycles. The van der Waals surface area contributed by atoms with Crippen molar-refractivity contribution >= 4 is 34.4 Å². The van der Waals surface area contributed by atoms with Gasteiger partial charge in [-0.15, -0.1) is 0 Å². The zero-order valence-corrected chi connectivity index (χ0v) is 19.2. The van der Waals surface area contributed by atoms with E-state index in [1.165, 1.54) is 6.33 Å². The van der Waals surface area contributed by atoms with Crippen LogP contribution in [0.25, 0.3) is 22.5 Å².